The monoisotopic (exact) mass is 249 g/mol. The average Bonchev–Trinajstić information content (AvgIpc) is 2.37. The standard InChI is InChI=1S/C16H24FN/c1-5-9-18-16(10-12(3)6-2)15-11-14(17)8-7-13(15)4/h7-8,11,16,18H,3,5-6,9-10H2,1-2,4H3. The number of benzene rings is 1. The molecule has 0 spiro atoms. The van der Waals surface area contributed by atoms with Crippen molar-refractivity contribution in [1.82, 2.24) is 5.32 Å². The van der Waals surface area contributed by atoms with Crippen LogP contribution in [0.3, 0.4) is 0 Å². The molecule has 1 rings (SSSR count). The summed E-state index contributed by atoms with van der Waals surface area (Å²) in [4.78, 5) is 0. The molecule has 0 bridgehead atoms. The van der Waals surface area contributed by atoms with Gasteiger partial charge in [0, 0.05) is 6.04 Å². The Bertz CT molecular complexity index is 398. The van der Waals surface area contributed by atoms with Crippen LogP contribution in [0.15, 0.2) is 30.4 Å². The van der Waals surface area contributed by atoms with E-state index in [1.54, 1.807) is 6.07 Å². The summed E-state index contributed by atoms with van der Waals surface area (Å²) < 4.78 is 13.4. The van der Waals surface area contributed by atoms with Crippen molar-refractivity contribution in [2.24, 2.45) is 0 Å². The van der Waals surface area contributed by atoms with E-state index in [1.807, 2.05) is 13.0 Å². The van der Waals surface area contributed by atoms with Crippen LogP contribution in [0.4, 0.5) is 4.39 Å². The summed E-state index contributed by atoms with van der Waals surface area (Å²) in [5, 5.41) is 3.49. The second kappa shape index (κ2) is 7.32. The first kappa shape index (κ1) is 14.9. The number of nitrogens with one attached hydrogen (secondary N) is 1. The Morgan fingerprint density at radius 1 is 1.39 bits per heavy atom. The third-order valence-electron chi connectivity index (χ3n) is 3.25. The molecular formula is C16H24FN. The summed E-state index contributed by atoms with van der Waals surface area (Å²) in [5.41, 5.74) is 3.39. The van der Waals surface area contributed by atoms with Gasteiger partial charge in [0.25, 0.3) is 0 Å². The Morgan fingerprint density at radius 3 is 2.72 bits per heavy atom. The van der Waals surface area contributed by atoms with Crippen LogP contribution in [0.1, 0.15) is 50.3 Å². The van der Waals surface area contributed by atoms with E-state index in [2.05, 4.69) is 25.7 Å². The molecule has 1 aromatic carbocycles. The summed E-state index contributed by atoms with van der Waals surface area (Å²) in [6.07, 6.45) is 2.92. The number of halogens is 1. The predicted molar refractivity (Wildman–Crippen MR) is 76.2 cm³/mol. The summed E-state index contributed by atoms with van der Waals surface area (Å²) in [6, 6.07) is 5.18. The minimum atomic E-state index is -0.166. The van der Waals surface area contributed by atoms with Crippen LogP contribution in [0.2, 0.25) is 0 Å². The lowest BCUT2D eigenvalue weighted by atomic mass is 9.94. The summed E-state index contributed by atoms with van der Waals surface area (Å²) in [7, 11) is 0. The van der Waals surface area contributed by atoms with Crippen molar-refractivity contribution in [3.63, 3.8) is 0 Å². The van der Waals surface area contributed by atoms with Gasteiger partial charge in [-0.1, -0.05) is 32.1 Å². The summed E-state index contributed by atoms with van der Waals surface area (Å²) in [6.45, 7) is 11.3. The molecule has 1 aromatic rings. The van der Waals surface area contributed by atoms with Crippen molar-refractivity contribution in [2.45, 2.75) is 46.1 Å². The van der Waals surface area contributed by atoms with Gasteiger partial charge in [0.15, 0.2) is 0 Å². The van der Waals surface area contributed by atoms with Crippen molar-refractivity contribution in [3.8, 4) is 0 Å². The van der Waals surface area contributed by atoms with Gasteiger partial charge < -0.3 is 5.32 Å². The smallest absolute Gasteiger partial charge is 0.123 e. The largest absolute Gasteiger partial charge is 0.310 e. The highest BCUT2D eigenvalue weighted by Crippen LogP contribution is 2.25. The summed E-state index contributed by atoms with van der Waals surface area (Å²) >= 11 is 0. The zero-order valence-electron chi connectivity index (χ0n) is 11.7. The van der Waals surface area contributed by atoms with Gasteiger partial charge in [0.2, 0.25) is 0 Å². The molecule has 0 aliphatic rings. The predicted octanol–water partition coefficient (Wildman–Crippen LogP) is 4.53. The minimum absolute atomic E-state index is 0.166. The molecule has 0 amide bonds. The number of hydrogen-bond donors (Lipinski definition) is 1. The van der Waals surface area contributed by atoms with E-state index in [9.17, 15) is 4.39 Å². The van der Waals surface area contributed by atoms with E-state index in [0.29, 0.717) is 0 Å². The molecule has 0 fully saturated rings. The average molecular weight is 249 g/mol. The van der Waals surface area contributed by atoms with Gasteiger partial charge in [-0.3, -0.25) is 0 Å². The second-order valence-electron chi connectivity index (χ2n) is 4.82. The molecule has 0 aliphatic heterocycles. The van der Waals surface area contributed by atoms with E-state index in [4.69, 9.17) is 0 Å². The van der Waals surface area contributed by atoms with Crippen LogP contribution in [0, 0.1) is 12.7 Å². The third kappa shape index (κ3) is 4.26. The minimum Gasteiger partial charge on any atom is -0.310 e. The van der Waals surface area contributed by atoms with Crippen LogP contribution in [-0.2, 0) is 0 Å². The quantitative estimate of drug-likeness (QED) is 0.700. The van der Waals surface area contributed by atoms with E-state index in [0.717, 1.165) is 36.9 Å². The highest BCUT2D eigenvalue weighted by molar-refractivity contribution is 5.30. The topological polar surface area (TPSA) is 12.0 Å². The van der Waals surface area contributed by atoms with Crippen molar-refractivity contribution < 1.29 is 4.39 Å². The molecule has 0 heterocycles. The molecular weight excluding hydrogens is 225 g/mol. The van der Waals surface area contributed by atoms with Gasteiger partial charge in [-0.25, -0.2) is 4.39 Å². The molecule has 1 atom stereocenters. The molecule has 18 heavy (non-hydrogen) atoms. The van der Waals surface area contributed by atoms with Crippen LogP contribution in [-0.4, -0.2) is 6.54 Å². The Balaban J connectivity index is 2.92. The fraction of sp³-hybridized carbons (Fsp3) is 0.500. The SMILES string of the molecule is C=C(CC)CC(NCCC)c1cc(F)ccc1C. The molecule has 0 saturated heterocycles. The van der Waals surface area contributed by atoms with Crippen LogP contribution in [0.25, 0.3) is 0 Å². The van der Waals surface area contributed by atoms with Gasteiger partial charge >= 0.3 is 0 Å². The van der Waals surface area contributed by atoms with Crippen molar-refractivity contribution in [1.29, 1.82) is 0 Å². The van der Waals surface area contributed by atoms with Gasteiger partial charge in [0.1, 0.15) is 5.82 Å². The molecule has 1 nitrogen and oxygen atoms in total. The first-order chi connectivity index (χ1) is 8.58. The number of hydrogen-bond acceptors (Lipinski definition) is 1. The molecule has 0 aliphatic carbocycles. The molecule has 0 aromatic heterocycles. The van der Waals surface area contributed by atoms with E-state index < -0.39 is 0 Å². The Hall–Kier alpha value is -1.15. The zero-order chi connectivity index (χ0) is 13.5. The van der Waals surface area contributed by atoms with Crippen molar-refractivity contribution in [2.75, 3.05) is 6.54 Å². The molecule has 100 valence electrons. The first-order valence-electron chi connectivity index (χ1n) is 6.74. The van der Waals surface area contributed by atoms with Gasteiger partial charge in [0.05, 0.1) is 0 Å². The maximum atomic E-state index is 13.4. The highest BCUT2D eigenvalue weighted by Gasteiger charge is 2.14. The maximum absolute atomic E-state index is 13.4. The first-order valence-corrected chi connectivity index (χ1v) is 6.74. The van der Waals surface area contributed by atoms with E-state index in [-0.39, 0.29) is 11.9 Å². The van der Waals surface area contributed by atoms with E-state index in [1.165, 1.54) is 11.6 Å². The fourth-order valence-corrected chi connectivity index (χ4v) is 2.03. The lowest BCUT2D eigenvalue weighted by Crippen LogP contribution is -2.23. The second-order valence-corrected chi connectivity index (χ2v) is 4.82. The third-order valence-corrected chi connectivity index (χ3v) is 3.25. The van der Waals surface area contributed by atoms with Gasteiger partial charge in [-0.2, -0.15) is 0 Å². The zero-order valence-corrected chi connectivity index (χ0v) is 11.7. The maximum Gasteiger partial charge on any atom is 0.123 e. The fourth-order valence-electron chi connectivity index (χ4n) is 2.03. The Labute approximate surface area is 110 Å². The molecule has 2 heteroatoms. The molecule has 1 unspecified atom stereocenters. The van der Waals surface area contributed by atoms with Crippen LogP contribution in [0.5, 0.6) is 0 Å². The van der Waals surface area contributed by atoms with Gasteiger partial charge in [-0.05, 0) is 56.0 Å². The van der Waals surface area contributed by atoms with Crippen molar-refractivity contribution >= 4 is 0 Å². The Kier molecular flexibility index (Phi) is 6.06. The molecule has 0 saturated carbocycles. The van der Waals surface area contributed by atoms with Crippen LogP contribution < -0.4 is 5.32 Å². The van der Waals surface area contributed by atoms with E-state index >= 15 is 0 Å². The van der Waals surface area contributed by atoms with Gasteiger partial charge in [-0.15, -0.1) is 0 Å². The Morgan fingerprint density at radius 2 is 2.11 bits per heavy atom. The number of rotatable bonds is 7. The molecule has 0 radical (unpaired) electrons. The number of aryl methyl sites for hydroxylation is 1. The molecule has 1 N–H and O–H groups in total. The summed E-state index contributed by atoms with van der Waals surface area (Å²) in [5.74, 6) is -0.166. The normalized spacial score (nSPS) is 12.4. The highest BCUT2D eigenvalue weighted by atomic mass is 19.1. The lowest BCUT2D eigenvalue weighted by Gasteiger charge is -2.22. The van der Waals surface area contributed by atoms with Crippen molar-refractivity contribution in [3.05, 3.63) is 47.3 Å². The van der Waals surface area contributed by atoms with Crippen LogP contribution >= 0.6 is 0 Å². The lowest BCUT2D eigenvalue weighted by molar-refractivity contribution is 0.516.